The van der Waals surface area contributed by atoms with E-state index in [4.69, 9.17) is 28.4 Å². The molecule has 3 fully saturated rings. The minimum absolute atomic E-state index is 0.00454. The summed E-state index contributed by atoms with van der Waals surface area (Å²) in [7, 11) is 0. The van der Waals surface area contributed by atoms with Crippen molar-refractivity contribution in [3.05, 3.63) is 45.7 Å². The predicted octanol–water partition coefficient (Wildman–Crippen LogP) is 0.741. The molecule has 1 aromatic heterocycles. The molecular weight excluding hydrogens is 650 g/mol. The number of rotatable bonds is 5. The third kappa shape index (κ3) is 6.30. The summed E-state index contributed by atoms with van der Waals surface area (Å²) in [5, 5.41) is 3.00. The van der Waals surface area contributed by atoms with E-state index in [1.54, 1.807) is 50.9 Å². The molecule has 0 amide bonds. The molecular formula is C26H30F3IN3O7-. The molecule has 0 aromatic carbocycles. The molecule has 220 valence electrons. The summed E-state index contributed by atoms with van der Waals surface area (Å²) in [4.78, 5) is 16.2. The van der Waals surface area contributed by atoms with Crippen LogP contribution >= 0.6 is 0 Å². The molecule has 4 aliphatic heterocycles. The molecule has 10 nitrogen and oxygen atoms in total. The number of hydrogen-bond acceptors (Lipinski definition) is 10. The number of hydrogen-bond donors (Lipinski definition) is 1. The maximum atomic E-state index is 13.2. The van der Waals surface area contributed by atoms with Crippen LogP contribution in [-0.2, 0) is 39.4 Å². The van der Waals surface area contributed by atoms with Crippen LogP contribution in [0, 0.1) is 0 Å². The van der Waals surface area contributed by atoms with Crippen LogP contribution in [0.2, 0.25) is 0 Å². The van der Waals surface area contributed by atoms with Crippen LogP contribution in [0.1, 0.15) is 40.3 Å². The summed E-state index contributed by atoms with van der Waals surface area (Å²) < 4.78 is 82.0. The van der Waals surface area contributed by atoms with E-state index in [-0.39, 0.29) is 19.0 Å². The summed E-state index contributed by atoms with van der Waals surface area (Å²) in [6, 6.07) is 2.90. The maximum absolute atomic E-state index is 13.2. The van der Waals surface area contributed by atoms with Crippen molar-refractivity contribution >= 4 is 17.7 Å². The van der Waals surface area contributed by atoms with Gasteiger partial charge in [-0.15, -0.1) is 0 Å². The van der Waals surface area contributed by atoms with Crippen molar-refractivity contribution in [1.82, 2.24) is 4.98 Å². The second-order valence-corrected chi connectivity index (χ2v) is 12.8. The SMILES string of the molecule is CC(C)(C)OC(=O)C1=C[I-]N=C(OC[C@@]23CO[C@@H](O2)[C@H](Nc2cccc(C(F)(F)F)n2)[C@H]2OC(C)(C)O[C@H]23)C=C1. The van der Waals surface area contributed by atoms with Gasteiger partial charge in [-0.3, -0.25) is 0 Å². The fourth-order valence-electron chi connectivity index (χ4n) is 4.68. The van der Waals surface area contributed by atoms with Gasteiger partial charge in [0.05, 0.1) is 0 Å². The first kappa shape index (κ1) is 29.2. The van der Waals surface area contributed by atoms with Gasteiger partial charge < -0.3 is 0 Å². The van der Waals surface area contributed by atoms with E-state index in [1.165, 1.54) is 12.1 Å². The first-order valence-corrected chi connectivity index (χ1v) is 14.8. The molecule has 0 spiro atoms. The summed E-state index contributed by atoms with van der Waals surface area (Å²) in [6.07, 6.45) is -3.56. The van der Waals surface area contributed by atoms with Crippen LogP contribution in [0.3, 0.4) is 0 Å². The second kappa shape index (κ2) is 10.5. The van der Waals surface area contributed by atoms with Gasteiger partial charge in [0.15, 0.2) is 0 Å². The first-order chi connectivity index (χ1) is 18.6. The van der Waals surface area contributed by atoms with Gasteiger partial charge in [0, 0.05) is 0 Å². The van der Waals surface area contributed by atoms with Crippen molar-refractivity contribution in [2.24, 2.45) is 3.21 Å². The van der Waals surface area contributed by atoms with Gasteiger partial charge in [-0.2, -0.15) is 13.2 Å². The standard InChI is InChI=1S/C26H30F3IN3O7/c1-23(2,3)39-21(34)14-9-10-17(33-30-11-14)35-12-25-13-36-22(40-25)18(19-20(25)38-24(4,5)37-19)32-16-8-6-7-15(31-16)26(27,28)29/h6-11,18-20,22H,12-13H2,1-5H3,(H,31,32)/q-1/t18-,19-,20-,22+,25+/m1/s1. The van der Waals surface area contributed by atoms with Crippen LogP contribution in [0.15, 0.2) is 43.2 Å². The average Bonchev–Trinajstić information content (AvgIpc) is 3.29. The summed E-state index contributed by atoms with van der Waals surface area (Å²) in [6.45, 7) is 9.00. The molecule has 0 aliphatic carbocycles. The van der Waals surface area contributed by atoms with Crippen LogP contribution in [0.25, 0.3) is 0 Å². The van der Waals surface area contributed by atoms with E-state index in [9.17, 15) is 18.0 Å². The first-order valence-electron chi connectivity index (χ1n) is 12.6. The van der Waals surface area contributed by atoms with Crippen molar-refractivity contribution in [3.63, 3.8) is 0 Å². The molecule has 0 unspecified atom stereocenters. The number of pyridine rings is 1. The Morgan fingerprint density at radius 2 is 1.95 bits per heavy atom. The molecule has 1 aromatic rings. The Balaban J connectivity index is 1.29. The van der Waals surface area contributed by atoms with Gasteiger partial charge in [0.25, 0.3) is 0 Å². The van der Waals surface area contributed by atoms with Gasteiger partial charge in [-0.25, -0.2) is 0 Å². The van der Waals surface area contributed by atoms with E-state index in [1.807, 2.05) is 0 Å². The zero-order chi connectivity index (χ0) is 28.9. The number of aromatic nitrogens is 1. The van der Waals surface area contributed by atoms with Gasteiger partial charge in [-0.05, 0) is 6.07 Å². The monoisotopic (exact) mass is 680 g/mol. The minimum atomic E-state index is -4.59. The molecule has 4 aliphatic rings. The molecule has 14 heteroatoms. The van der Waals surface area contributed by atoms with E-state index < -0.39 is 80.8 Å². The van der Waals surface area contributed by atoms with Crippen LogP contribution in [-0.4, -0.2) is 71.6 Å². The molecule has 0 radical (unpaired) electrons. The number of anilines is 1. The number of alkyl halides is 3. The zero-order valence-electron chi connectivity index (χ0n) is 22.5. The van der Waals surface area contributed by atoms with Crippen LogP contribution in [0.4, 0.5) is 19.0 Å². The zero-order valence-corrected chi connectivity index (χ0v) is 24.6. The number of nitrogens with zero attached hydrogens (tertiary/aromatic N) is 2. The number of halogens is 4. The molecule has 1 N–H and O–H groups in total. The second-order valence-electron chi connectivity index (χ2n) is 11.2. The topological polar surface area (TPSA) is 110 Å². The Hall–Kier alpha value is -2.27. The van der Waals surface area contributed by atoms with Gasteiger partial charge >= 0.3 is 221 Å². The van der Waals surface area contributed by atoms with Crippen LogP contribution in [0.5, 0.6) is 0 Å². The number of nitrogens with one attached hydrogen (secondary N) is 1. The third-order valence-electron chi connectivity index (χ3n) is 6.29. The Morgan fingerprint density at radius 1 is 1.18 bits per heavy atom. The molecule has 5 atom stereocenters. The number of ether oxygens (including phenoxy) is 6. The predicted molar refractivity (Wildman–Crippen MR) is 130 cm³/mol. The fourth-order valence-corrected chi connectivity index (χ4v) is 6.16. The van der Waals surface area contributed by atoms with Crippen molar-refractivity contribution in [1.29, 1.82) is 0 Å². The quantitative estimate of drug-likeness (QED) is 0.356. The Morgan fingerprint density at radius 3 is 2.67 bits per heavy atom. The fraction of sp³-hybridized carbons (Fsp3) is 0.577. The van der Waals surface area contributed by atoms with Gasteiger partial charge in [0.2, 0.25) is 0 Å². The van der Waals surface area contributed by atoms with Crippen LogP contribution < -0.4 is 26.8 Å². The number of fused-ring (bicyclic) bond motifs is 4. The number of carbonyl (C=O) groups is 1. The van der Waals surface area contributed by atoms with E-state index in [0.29, 0.717) is 11.5 Å². The normalized spacial score (nSPS) is 31.3. The molecule has 40 heavy (non-hydrogen) atoms. The molecule has 5 heterocycles. The van der Waals surface area contributed by atoms with E-state index in [0.717, 1.165) is 6.07 Å². The van der Waals surface area contributed by atoms with Crippen molar-refractivity contribution in [2.45, 2.75) is 82.3 Å². The Kier molecular flexibility index (Phi) is 7.70. The number of carbonyl (C=O) groups excluding carboxylic acids is 1. The van der Waals surface area contributed by atoms with E-state index >= 15 is 0 Å². The van der Waals surface area contributed by atoms with Crippen molar-refractivity contribution in [3.8, 4) is 0 Å². The molecule has 3 saturated heterocycles. The molecule has 0 saturated carbocycles. The average molecular weight is 680 g/mol. The molecule has 5 rings (SSSR count). The van der Waals surface area contributed by atoms with Crippen molar-refractivity contribution in [2.75, 3.05) is 18.5 Å². The number of esters is 1. The Bertz CT molecular complexity index is 1250. The van der Waals surface area contributed by atoms with Gasteiger partial charge in [0.1, 0.15) is 0 Å². The van der Waals surface area contributed by atoms with Gasteiger partial charge in [-0.1, -0.05) is 0 Å². The molecule has 2 bridgehead atoms. The third-order valence-corrected chi connectivity index (χ3v) is 8.00. The van der Waals surface area contributed by atoms with Crippen molar-refractivity contribution < 1.29 is 67.9 Å². The van der Waals surface area contributed by atoms with E-state index in [2.05, 4.69) is 13.5 Å². The Labute approximate surface area is 239 Å². The summed E-state index contributed by atoms with van der Waals surface area (Å²) in [5.74, 6) is -1.09. The summed E-state index contributed by atoms with van der Waals surface area (Å²) in [5.41, 5.74) is -2.29. The summed E-state index contributed by atoms with van der Waals surface area (Å²) >= 11 is -0.874.